The molecule has 0 unspecified atom stereocenters. The van der Waals surface area contributed by atoms with Crippen LogP contribution in [0.2, 0.25) is 0 Å². The fourth-order valence-corrected chi connectivity index (χ4v) is 6.77. The molecule has 2 aromatic rings. The summed E-state index contributed by atoms with van der Waals surface area (Å²) in [6.07, 6.45) is 1.50. The Morgan fingerprint density at radius 2 is 1.30 bits per heavy atom. The van der Waals surface area contributed by atoms with Crippen LogP contribution in [0.5, 0.6) is 0 Å². The topological polar surface area (TPSA) is 37.4 Å². The zero-order chi connectivity index (χ0) is 14.8. The van der Waals surface area contributed by atoms with E-state index in [4.69, 9.17) is 21.4 Å². The van der Waals surface area contributed by atoms with Gasteiger partial charge in [-0.25, -0.2) is 12.1 Å². The second kappa shape index (κ2) is 5.85. The van der Waals surface area contributed by atoms with E-state index in [-0.39, 0.29) is 4.90 Å². The van der Waals surface area contributed by atoms with Gasteiger partial charge in [-0.2, -0.15) is 0 Å². The number of anilines is 1. The molecule has 2 aromatic carbocycles. The van der Waals surface area contributed by atoms with Crippen molar-refractivity contribution in [2.75, 3.05) is 9.97 Å². The fourth-order valence-electron chi connectivity index (χ4n) is 1.73. The van der Waals surface area contributed by atoms with Crippen LogP contribution in [0.1, 0.15) is 0 Å². The van der Waals surface area contributed by atoms with Crippen LogP contribution in [-0.4, -0.2) is 14.7 Å². The average Bonchev–Trinajstić information content (AvgIpc) is 2.39. The summed E-state index contributed by atoms with van der Waals surface area (Å²) in [7, 11) is 5.99. The molecule has 0 saturated carbocycles. The minimum atomic E-state index is -3.81. The lowest BCUT2D eigenvalue weighted by Crippen LogP contribution is -2.29. The first-order valence-electron chi connectivity index (χ1n) is 5.66. The molecule has 0 heterocycles. The van der Waals surface area contributed by atoms with Gasteiger partial charge in [0.25, 0.3) is 10.0 Å². The Morgan fingerprint density at radius 1 is 0.850 bits per heavy atom. The molecule has 7 heteroatoms. The SMILES string of the molecule is CS(Cl)(Cl)N(c1ccccc1)S(=O)(=O)c1ccccc1. The van der Waals surface area contributed by atoms with Crippen LogP contribution >= 0.6 is 30.0 Å². The van der Waals surface area contributed by atoms with Crippen molar-refractivity contribution in [3.8, 4) is 0 Å². The van der Waals surface area contributed by atoms with E-state index in [0.29, 0.717) is 5.69 Å². The zero-order valence-electron chi connectivity index (χ0n) is 10.6. The number of nitrogens with zero attached hydrogens (tertiary/aromatic N) is 1. The van der Waals surface area contributed by atoms with Crippen LogP contribution in [0.3, 0.4) is 0 Å². The first-order chi connectivity index (χ1) is 9.33. The Kier molecular flexibility index (Phi) is 4.54. The molecule has 0 aliphatic carbocycles. The highest BCUT2D eigenvalue weighted by atomic mass is 36.0. The highest BCUT2D eigenvalue weighted by Gasteiger charge is 2.34. The van der Waals surface area contributed by atoms with Crippen molar-refractivity contribution in [1.29, 1.82) is 0 Å². The third-order valence-corrected chi connectivity index (χ3v) is 7.63. The van der Waals surface area contributed by atoms with Gasteiger partial charge in [-0.15, -0.1) is 0 Å². The molecule has 0 aliphatic rings. The maximum atomic E-state index is 12.8. The number of sulfonamides is 1. The van der Waals surface area contributed by atoms with Gasteiger partial charge in [0.15, 0.2) is 0 Å². The first-order valence-corrected chi connectivity index (χ1v) is 10.8. The second-order valence-electron chi connectivity index (χ2n) is 4.07. The standard InChI is InChI=1S/C13H13Cl2NO2S2/c1-19(14,15)16(12-8-4-2-5-9-12)20(17,18)13-10-6-3-7-11-13/h2-11H,1H3. The van der Waals surface area contributed by atoms with Crippen LogP contribution in [-0.2, 0) is 10.0 Å². The van der Waals surface area contributed by atoms with Crippen molar-refractivity contribution in [2.45, 2.75) is 4.90 Å². The molecule has 0 saturated heterocycles. The molecule has 0 fully saturated rings. The molecule has 0 spiro atoms. The Hall–Kier alpha value is -0.880. The van der Waals surface area contributed by atoms with Crippen LogP contribution in [0, 0.1) is 0 Å². The molecular weight excluding hydrogens is 337 g/mol. The maximum Gasteiger partial charge on any atom is 0.274 e. The lowest BCUT2D eigenvalue weighted by molar-refractivity contribution is 0.598. The monoisotopic (exact) mass is 349 g/mol. The number of hydrogen-bond donors (Lipinski definition) is 0. The summed E-state index contributed by atoms with van der Waals surface area (Å²) in [4.78, 5) is 0.156. The lowest BCUT2D eigenvalue weighted by atomic mass is 10.3. The smallest absolute Gasteiger partial charge is 0.202 e. The predicted octanol–water partition coefficient (Wildman–Crippen LogP) is 4.54. The molecule has 20 heavy (non-hydrogen) atoms. The highest BCUT2D eigenvalue weighted by molar-refractivity contribution is 8.68. The summed E-state index contributed by atoms with van der Waals surface area (Å²) in [5, 5.41) is 0. The van der Waals surface area contributed by atoms with E-state index in [1.807, 2.05) is 0 Å². The van der Waals surface area contributed by atoms with Crippen molar-refractivity contribution in [3.05, 3.63) is 60.7 Å². The van der Waals surface area contributed by atoms with Crippen molar-refractivity contribution in [2.24, 2.45) is 0 Å². The largest absolute Gasteiger partial charge is 0.274 e. The number of benzene rings is 2. The van der Waals surface area contributed by atoms with E-state index >= 15 is 0 Å². The molecule has 0 aromatic heterocycles. The molecule has 2 rings (SSSR count). The molecule has 0 aliphatic heterocycles. The van der Waals surface area contributed by atoms with Crippen LogP contribution in [0.25, 0.3) is 0 Å². The van der Waals surface area contributed by atoms with E-state index < -0.39 is 18.7 Å². The van der Waals surface area contributed by atoms with E-state index in [9.17, 15) is 8.42 Å². The van der Waals surface area contributed by atoms with Crippen molar-refractivity contribution >= 4 is 45.7 Å². The van der Waals surface area contributed by atoms with E-state index in [1.54, 1.807) is 48.5 Å². The van der Waals surface area contributed by atoms with Crippen LogP contribution < -0.4 is 3.71 Å². The summed E-state index contributed by atoms with van der Waals surface area (Å²) in [6, 6.07) is 16.7. The molecule has 0 N–H and O–H groups in total. The van der Waals surface area contributed by atoms with Gasteiger partial charge in [0.05, 0.1) is 10.6 Å². The predicted molar refractivity (Wildman–Crippen MR) is 87.8 cm³/mol. The number of hydrogen-bond acceptors (Lipinski definition) is 2. The molecule has 0 amide bonds. The molecule has 3 nitrogen and oxygen atoms in total. The van der Waals surface area contributed by atoms with Gasteiger partial charge in [-0.1, -0.05) is 36.4 Å². The molecule has 0 bridgehead atoms. The average molecular weight is 350 g/mol. The van der Waals surface area contributed by atoms with Gasteiger partial charge in [0, 0.05) is 14.9 Å². The summed E-state index contributed by atoms with van der Waals surface area (Å²) in [6.45, 7) is 0. The number of halogens is 2. The molecule has 108 valence electrons. The lowest BCUT2D eigenvalue weighted by Gasteiger charge is -2.35. The van der Waals surface area contributed by atoms with Gasteiger partial charge in [-0.3, -0.25) is 0 Å². The van der Waals surface area contributed by atoms with Gasteiger partial charge in [0.1, 0.15) is 0 Å². The zero-order valence-corrected chi connectivity index (χ0v) is 13.8. The second-order valence-corrected chi connectivity index (χ2v) is 11.9. The van der Waals surface area contributed by atoms with Gasteiger partial charge < -0.3 is 0 Å². The Bertz CT molecular complexity index is 671. The summed E-state index contributed by atoms with van der Waals surface area (Å²) in [5.41, 5.74) is 0.443. The molecule has 0 radical (unpaired) electrons. The quantitative estimate of drug-likeness (QED) is 0.812. The minimum Gasteiger partial charge on any atom is -0.202 e. The van der Waals surface area contributed by atoms with E-state index in [2.05, 4.69) is 0 Å². The van der Waals surface area contributed by atoms with Gasteiger partial charge in [-0.05, 0) is 45.6 Å². The Balaban J connectivity index is 2.60. The Labute approximate surface area is 129 Å². The first kappa shape index (κ1) is 15.5. The molecule has 0 atom stereocenters. The van der Waals surface area contributed by atoms with Gasteiger partial charge in [0.2, 0.25) is 0 Å². The Morgan fingerprint density at radius 3 is 1.75 bits per heavy atom. The maximum absolute atomic E-state index is 12.8. The summed E-state index contributed by atoms with van der Waals surface area (Å²) >= 11 is 0. The van der Waals surface area contributed by atoms with E-state index in [0.717, 1.165) is 3.71 Å². The molecular formula is C13H13Cl2NO2S2. The van der Waals surface area contributed by atoms with Crippen LogP contribution in [0.4, 0.5) is 5.69 Å². The third-order valence-electron chi connectivity index (χ3n) is 2.52. The normalized spacial score (nSPS) is 12.9. The number of rotatable bonds is 4. The highest BCUT2D eigenvalue weighted by Crippen LogP contribution is 2.61. The third kappa shape index (κ3) is 3.23. The van der Waals surface area contributed by atoms with Gasteiger partial charge >= 0.3 is 0 Å². The summed E-state index contributed by atoms with van der Waals surface area (Å²) in [5.74, 6) is 0. The van der Waals surface area contributed by atoms with Crippen molar-refractivity contribution in [1.82, 2.24) is 0 Å². The minimum absolute atomic E-state index is 0.156. The van der Waals surface area contributed by atoms with E-state index in [1.165, 1.54) is 18.4 Å². The van der Waals surface area contributed by atoms with Crippen molar-refractivity contribution < 1.29 is 8.42 Å². The number of para-hydroxylation sites is 1. The fraction of sp³-hybridized carbons (Fsp3) is 0.0769. The van der Waals surface area contributed by atoms with Crippen LogP contribution in [0.15, 0.2) is 65.6 Å². The summed E-state index contributed by atoms with van der Waals surface area (Å²) < 4.78 is 26.6. The van der Waals surface area contributed by atoms with Crippen molar-refractivity contribution in [3.63, 3.8) is 0 Å².